The van der Waals surface area contributed by atoms with Crippen molar-refractivity contribution in [1.82, 2.24) is 16.0 Å². The van der Waals surface area contributed by atoms with Crippen molar-refractivity contribution in [1.29, 1.82) is 0 Å². The van der Waals surface area contributed by atoms with E-state index in [0.717, 1.165) is 52.2 Å². The summed E-state index contributed by atoms with van der Waals surface area (Å²) in [5, 5.41) is 9.37. The number of carbonyl (C=O) groups is 1. The SMILES string of the molecule is CN=C(NCCCOCC1CCOCC1)NCC(C)(C)NC(=O)OC(C)(C)C.I. The minimum Gasteiger partial charge on any atom is -0.444 e. The van der Waals surface area contributed by atoms with Crippen molar-refractivity contribution in [3.8, 4) is 0 Å². The Hall–Kier alpha value is -0.810. The molecule has 3 N–H and O–H groups in total. The first-order valence-electron chi connectivity index (χ1n) is 10.2. The molecular weight excluding hydrogens is 487 g/mol. The molecule has 1 saturated heterocycles. The predicted molar refractivity (Wildman–Crippen MR) is 127 cm³/mol. The van der Waals surface area contributed by atoms with Crippen LogP contribution in [0.15, 0.2) is 4.99 Å². The van der Waals surface area contributed by atoms with Gasteiger partial charge in [-0.2, -0.15) is 0 Å². The number of nitrogens with zero attached hydrogens (tertiary/aromatic N) is 1. The van der Waals surface area contributed by atoms with Gasteiger partial charge in [-0.15, -0.1) is 24.0 Å². The average molecular weight is 528 g/mol. The Bertz CT molecular complexity index is 489. The smallest absolute Gasteiger partial charge is 0.408 e. The third kappa shape index (κ3) is 14.8. The molecule has 1 fully saturated rings. The maximum atomic E-state index is 11.9. The number of alkyl carbamates (subject to hydrolysis) is 1. The fourth-order valence-electron chi connectivity index (χ4n) is 2.69. The van der Waals surface area contributed by atoms with Gasteiger partial charge in [-0.25, -0.2) is 4.79 Å². The number of guanidine groups is 1. The van der Waals surface area contributed by atoms with Gasteiger partial charge in [0.05, 0.1) is 5.54 Å². The summed E-state index contributed by atoms with van der Waals surface area (Å²) < 4.78 is 16.4. The van der Waals surface area contributed by atoms with E-state index in [4.69, 9.17) is 14.2 Å². The van der Waals surface area contributed by atoms with E-state index in [1.807, 2.05) is 34.6 Å². The zero-order valence-corrected chi connectivity index (χ0v) is 21.3. The minimum atomic E-state index is -0.516. The lowest BCUT2D eigenvalue weighted by Crippen LogP contribution is -2.54. The molecule has 0 spiro atoms. The standard InChI is InChI=1S/C20H40N4O4.HI/c1-19(2,3)28-18(25)24-20(4,5)15-23-17(21-6)22-10-7-11-27-14-16-8-12-26-13-9-16;/h16H,7-15H2,1-6H3,(H,24,25)(H2,21,22,23);1H. The number of ether oxygens (including phenoxy) is 3. The molecular formula is C20H41IN4O4. The fourth-order valence-corrected chi connectivity index (χ4v) is 2.69. The van der Waals surface area contributed by atoms with Gasteiger partial charge in [-0.05, 0) is 59.8 Å². The van der Waals surface area contributed by atoms with Gasteiger partial charge >= 0.3 is 6.09 Å². The molecule has 0 aromatic heterocycles. The molecule has 8 nitrogen and oxygen atoms in total. The molecule has 0 bridgehead atoms. The summed E-state index contributed by atoms with van der Waals surface area (Å²) in [6.45, 7) is 14.0. The topological polar surface area (TPSA) is 93.2 Å². The molecule has 0 atom stereocenters. The van der Waals surface area contributed by atoms with Gasteiger partial charge in [-0.3, -0.25) is 4.99 Å². The minimum absolute atomic E-state index is 0. The van der Waals surface area contributed by atoms with E-state index in [9.17, 15) is 4.79 Å². The van der Waals surface area contributed by atoms with Crippen LogP contribution < -0.4 is 16.0 Å². The van der Waals surface area contributed by atoms with E-state index in [1.165, 1.54) is 0 Å². The Morgan fingerprint density at radius 1 is 1.14 bits per heavy atom. The highest BCUT2D eigenvalue weighted by Crippen LogP contribution is 2.14. The first-order chi connectivity index (χ1) is 13.1. The number of amides is 1. The van der Waals surface area contributed by atoms with Gasteiger partial charge in [0, 0.05) is 46.6 Å². The molecule has 1 aliphatic rings. The second kappa shape index (κ2) is 14.2. The van der Waals surface area contributed by atoms with Crippen LogP contribution in [0.1, 0.15) is 53.9 Å². The van der Waals surface area contributed by atoms with Crippen molar-refractivity contribution in [2.45, 2.75) is 65.0 Å². The van der Waals surface area contributed by atoms with E-state index < -0.39 is 17.2 Å². The molecule has 0 unspecified atom stereocenters. The van der Waals surface area contributed by atoms with Crippen LogP contribution in [0, 0.1) is 5.92 Å². The van der Waals surface area contributed by atoms with Crippen molar-refractivity contribution in [3.63, 3.8) is 0 Å². The van der Waals surface area contributed by atoms with Gasteiger partial charge in [0.1, 0.15) is 5.60 Å². The Morgan fingerprint density at radius 3 is 2.38 bits per heavy atom. The average Bonchev–Trinajstić information content (AvgIpc) is 2.59. The van der Waals surface area contributed by atoms with Crippen molar-refractivity contribution < 1.29 is 19.0 Å². The molecule has 0 aliphatic carbocycles. The predicted octanol–water partition coefficient (Wildman–Crippen LogP) is 2.91. The second-order valence-corrected chi connectivity index (χ2v) is 8.85. The van der Waals surface area contributed by atoms with Gasteiger partial charge in [-0.1, -0.05) is 0 Å². The van der Waals surface area contributed by atoms with Gasteiger partial charge in [0.25, 0.3) is 0 Å². The van der Waals surface area contributed by atoms with Gasteiger partial charge in [0.2, 0.25) is 0 Å². The largest absolute Gasteiger partial charge is 0.444 e. The zero-order valence-electron chi connectivity index (χ0n) is 18.9. The van der Waals surface area contributed by atoms with Crippen molar-refractivity contribution in [2.24, 2.45) is 10.9 Å². The second-order valence-electron chi connectivity index (χ2n) is 8.85. The first-order valence-corrected chi connectivity index (χ1v) is 10.2. The summed E-state index contributed by atoms with van der Waals surface area (Å²) in [4.78, 5) is 16.2. The Kier molecular flexibility index (Phi) is 13.8. The van der Waals surface area contributed by atoms with Crippen molar-refractivity contribution in [2.75, 3.05) is 46.6 Å². The molecule has 0 aromatic rings. The summed E-state index contributed by atoms with van der Waals surface area (Å²) in [6, 6.07) is 0. The summed E-state index contributed by atoms with van der Waals surface area (Å²) in [7, 11) is 1.73. The molecule has 1 rings (SSSR count). The zero-order chi connectivity index (χ0) is 21.0. The van der Waals surface area contributed by atoms with E-state index in [2.05, 4.69) is 20.9 Å². The van der Waals surface area contributed by atoms with E-state index in [0.29, 0.717) is 18.4 Å². The third-order valence-electron chi connectivity index (χ3n) is 4.21. The van der Waals surface area contributed by atoms with Crippen LogP contribution in [0.4, 0.5) is 4.79 Å². The van der Waals surface area contributed by atoms with Gasteiger partial charge in [0.15, 0.2) is 5.96 Å². The van der Waals surface area contributed by atoms with Crippen LogP contribution in [0.5, 0.6) is 0 Å². The lowest BCUT2D eigenvalue weighted by Gasteiger charge is -2.29. The number of halogens is 1. The number of hydrogen-bond acceptors (Lipinski definition) is 5. The molecule has 9 heteroatoms. The van der Waals surface area contributed by atoms with Crippen LogP contribution in [0.25, 0.3) is 0 Å². The maximum Gasteiger partial charge on any atom is 0.408 e. The highest BCUT2D eigenvalue weighted by molar-refractivity contribution is 14.0. The highest BCUT2D eigenvalue weighted by atomic mass is 127. The van der Waals surface area contributed by atoms with Crippen LogP contribution in [0.3, 0.4) is 0 Å². The summed E-state index contributed by atoms with van der Waals surface area (Å²) >= 11 is 0. The number of hydrogen-bond donors (Lipinski definition) is 3. The molecule has 1 amide bonds. The van der Waals surface area contributed by atoms with Crippen molar-refractivity contribution >= 4 is 36.0 Å². The van der Waals surface area contributed by atoms with E-state index in [1.54, 1.807) is 7.05 Å². The number of rotatable bonds is 9. The fraction of sp³-hybridized carbons (Fsp3) is 0.900. The van der Waals surface area contributed by atoms with Crippen LogP contribution in [0.2, 0.25) is 0 Å². The molecule has 0 aromatic carbocycles. The number of nitrogens with one attached hydrogen (secondary N) is 3. The normalized spacial score (nSPS) is 16.0. The Labute approximate surface area is 193 Å². The Balaban J connectivity index is 0.00000784. The summed E-state index contributed by atoms with van der Waals surface area (Å²) in [6.07, 6.45) is 2.68. The van der Waals surface area contributed by atoms with Gasteiger partial charge < -0.3 is 30.2 Å². The number of carbonyl (C=O) groups excluding carboxylic acids is 1. The first kappa shape index (κ1) is 28.2. The van der Waals surface area contributed by atoms with Crippen molar-refractivity contribution in [3.05, 3.63) is 0 Å². The molecule has 0 radical (unpaired) electrons. The monoisotopic (exact) mass is 528 g/mol. The lowest BCUT2D eigenvalue weighted by molar-refractivity contribution is 0.0203. The summed E-state index contributed by atoms with van der Waals surface area (Å²) in [5.41, 5.74) is -0.995. The van der Waals surface area contributed by atoms with E-state index in [-0.39, 0.29) is 24.0 Å². The molecule has 1 heterocycles. The quantitative estimate of drug-likeness (QED) is 0.185. The van der Waals surface area contributed by atoms with E-state index >= 15 is 0 Å². The van der Waals surface area contributed by atoms with Crippen LogP contribution in [-0.2, 0) is 14.2 Å². The lowest BCUT2D eigenvalue weighted by atomic mass is 10.0. The number of aliphatic imine (C=N–C) groups is 1. The molecule has 0 saturated carbocycles. The van der Waals surface area contributed by atoms with Crippen LogP contribution >= 0.6 is 24.0 Å². The van der Waals surface area contributed by atoms with Crippen LogP contribution in [-0.4, -0.2) is 69.8 Å². The molecule has 172 valence electrons. The highest BCUT2D eigenvalue weighted by Gasteiger charge is 2.24. The Morgan fingerprint density at radius 2 is 1.79 bits per heavy atom. The molecule has 29 heavy (non-hydrogen) atoms. The summed E-state index contributed by atoms with van der Waals surface area (Å²) in [5.74, 6) is 1.33. The molecule has 1 aliphatic heterocycles. The third-order valence-corrected chi connectivity index (χ3v) is 4.21. The maximum absolute atomic E-state index is 11.9.